The molecule has 1 rings (SSSR count). The third-order valence-corrected chi connectivity index (χ3v) is 3.45. The van der Waals surface area contributed by atoms with E-state index < -0.39 is 0 Å². The van der Waals surface area contributed by atoms with Gasteiger partial charge in [-0.05, 0) is 37.8 Å². The lowest BCUT2D eigenvalue weighted by atomic mass is 9.97. The molecule has 1 atom stereocenters. The standard InChI is InChI=1S/C13H25NO/c1-3-12(4-2)8-9-13(15)14-10-6-5-7-11-14/h6,10,12-13,15H,3-5,7-9,11H2,1-2H3. The van der Waals surface area contributed by atoms with Crippen molar-refractivity contribution in [2.45, 2.75) is 58.6 Å². The van der Waals surface area contributed by atoms with E-state index in [0.29, 0.717) is 0 Å². The van der Waals surface area contributed by atoms with Gasteiger partial charge in [-0.25, -0.2) is 0 Å². The molecular formula is C13H25NO. The predicted octanol–water partition coefficient (Wildman–Crippen LogP) is 3.13. The maximum atomic E-state index is 9.99. The molecule has 88 valence electrons. The van der Waals surface area contributed by atoms with E-state index in [1.165, 1.54) is 19.3 Å². The number of hydrogen-bond acceptors (Lipinski definition) is 2. The van der Waals surface area contributed by atoms with E-state index >= 15 is 0 Å². The van der Waals surface area contributed by atoms with E-state index in [1.807, 2.05) is 0 Å². The van der Waals surface area contributed by atoms with Crippen LogP contribution in [0, 0.1) is 5.92 Å². The maximum absolute atomic E-state index is 9.99. The van der Waals surface area contributed by atoms with Crippen molar-refractivity contribution in [1.29, 1.82) is 0 Å². The van der Waals surface area contributed by atoms with Gasteiger partial charge in [-0.3, -0.25) is 0 Å². The Kier molecular flexibility index (Phi) is 5.77. The zero-order chi connectivity index (χ0) is 11.1. The molecule has 0 spiro atoms. The summed E-state index contributed by atoms with van der Waals surface area (Å²) >= 11 is 0. The second-order valence-corrected chi connectivity index (χ2v) is 4.51. The van der Waals surface area contributed by atoms with Gasteiger partial charge in [0.05, 0.1) is 0 Å². The molecule has 1 aliphatic rings. The van der Waals surface area contributed by atoms with Crippen molar-refractivity contribution in [3.8, 4) is 0 Å². The minimum absolute atomic E-state index is 0.262. The Hall–Kier alpha value is -0.500. The zero-order valence-electron chi connectivity index (χ0n) is 10.2. The normalized spacial score (nSPS) is 18.5. The Bertz CT molecular complexity index is 187. The zero-order valence-corrected chi connectivity index (χ0v) is 10.2. The highest BCUT2D eigenvalue weighted by atomic mass is 16.3. The van der Waals surface area contributed by atoms with Gasteiger partial charge in [-0.1, -0.05) is 32.8 Å². The molecule has 1 aliphatic heterocycles. The van der Waals surface area contributed by atoms with Gasteiger partial charge in [0, 0.05) is 6.54 Å². The third kappa shape index (κ3) is 4.25. The van der Waals surface area contributed by atoms with Gasteiger partial charge in [0.25, 0.3) is 0 Å². The molecule has 0 saturated carbocycles. The maximum Gasteiger partial charge on any atom is 0.126 e. The highest BCUT2D eigenvalue weighted by Crippen LogP contribution is 2.18. The first kappa shape index (κ1) is 12.6. The first-order valence-electron chi connectivity index (χ1n) is 6.38. The van der Waals surface area contributed by atoms with Crippen LogP contribution < -0.4 is 0 Å². The topological polar surface area (TPSA) is 23.5 Å². The summed E-state index contributed by atoms with van der Waals surface area (Å²) in [7, 11) is 0. The minimum atomic E-state index is -0.262. The van der Waals surface area contributed by atoms with Gasteiger partial charge in [-0.2, -0.15) is 0 Å². The average molecular weight is 211 g/mol. The molecule has 0 aromatic rings. The number of aliphatic hydroxyl groups is 1. The van der Waals surface area contributed by atoms with Crippen LogP contribution in [0.5, 0.6) is 0 Å². The van der Waals surface area contributed by atoms with Crippen LogP contribution in [0.4, 0.5) is 0 Å². The SMILES string of the molecule is CCC(CC)CCC(O)N1C=CCCC1. The molecule has 0 aromatic heterocycles. The molecule has 0 fully saturated rings. The van der Waals surface area contributed by atoms with Crippen LogP contribution in [0.3, 0.4) is 0 Å². The van der Waals surface area contributed by atoms with Crippen molar-refractivity contribution in [3.63, 3.8) is 0 Å². The molecule has 0 aliphatic carbocycles. The molecule has 0 amide bonds. The second-order valence-electron chi connectivity index (χ2n) is 4.51. The van der Waals surface area contributed by atoms with Gasteiger partial charge in [0.15, 0.2) is 0 Å². The lowest BCUT2D eigenvalue weighted by Gasteiger charge is -2.29. The Morgan fingerprint density at radius 2 is 2.00 bits per heavy atom. The smallest absolute Gasteiger partial charge is 0.126 e. The van der Waals surface area contributed by atoms with Crippen molar-refractivity contribution in [2.24, 2.45) is 5.92 Å². The van der Waals surface area contributed by atoms with E-state index in [1.54, 1.807) is 0 Å². The summed E-state index contributed by atoms with van der Waals surface area (Å²) in [5.74, 6) is 0.786. The number of allylic oxidation sites excluding steroid dienone is 1. The predicted molar refractivity (Wildman–Crippen MR) is 64.4 cm³/mol. The lowest BCUT2D eigenvalue weighted by Crippen LogP contribution is -2.33. The minimum Gasteiger partial charge on any atom is -0.374 e. The van der Waals surface area contributed by atoms with Crippen LogP contribution in [0.15, 0.2) is 12.3 Å². The molecule has 2 heteroatoms. The Balaban J connectivity index is 2.25. The Morgan fingerprint density at radius 1 is 1.27 bits per heavy atom. The van der Waals surface area contributed by atoms with Crippen molar-refractivity contribution in [2.75, 3.05) is 6.54 Å². The summed E-state index contributed by atoms with van der Waals surface area (Å²) < 4.78 is 0. The molecule has 1 unspecified atom stereocenters. The van der Waals surface area contributed by atoms with E-state index in [4.69, 9.17) is 0 Å². The fraction of sp³-hybridized carbons (Fsp3) is 0.846. The van der Waals surface area contributed by atoms with Crippen molar-refractivity contribution >= 4 is 0 Å². The van der Waals surface area contributed by atoms with E-state index in [-0.39, 0.29) is 6.23 Å². The van der Waals surface area contributed by atoms with Gasteiger partial charge in [0.1, 0.15) is 6.23 Å². The highest BCUT2D eigenvalue weighted by Gasteiger charge is 2.15. The van der Waals surface area contributed by atoms with Gasteiger partial charge in [-0.15, -0.1) is 0 Å². The molecule has 1 heterocycles. The summed E-state index contributed by atoms with van der Waals surface area (Å²) in [4.78, 5) is 2.08. The summed E-state index contributed by atoms with van der Waals surface area (Å²) in [6.07, 6.45) is 10.8. The Labute approximate surface area is 94.0 Å². The van der Waals surface area contributed by atoms with E-state index in [2.05, 4.69) is 31.0 Å². The number of hydrogen-bond donors (Lipinski definition) is 1. The Morgan fingerprint density at radius 3 is 2.53 bits per heavy atom. The number of nitrogens with zero attached hydrogens (tertiary/aromatic N) is 1. The molecule has 0 bridgehead atoms. The lowest BCUT2D eigenvalue weighted by molar-refractivity contribution is 0.0219. The first-order valence-corrected chi connectivity index (χ1v) is 6.38. The van der Waals surface area contributed by atoms with Gasteiger partial charge >= 0.3 is 0 Å². The molecule has 15 heavy (non-hydrogen) atoms. The van der Waals surface area contributed by atoms with Gasteiger partial charge < -0.3 is 10.0 Å². The quantitative estimate of drug-likeness (QED) is 0.729. The molecular weight excluding hydrogens is 186 g/mol. The van der Waals surface area contributed by atoms with Crippen LogP contribution in [-0.4, -0.2) is 22.8 Å². The summed E-state index contributed by atoms with van der Waals surface area (Å²) in [6, 6.07) is 0. The number of aliphatic hydroxyl groups excluding tert-OH is 1. The summed E-state index contributed by atoms with van der Waals surface area (Å²) in [6.45, 7) is 5.49. The highest BCUT2D eigenvalue weighted by molar-refractivity contribution is 4.88. The van der Waals surface area contributed by atoms with E-state index in [9.17, 15) is 5.11 Å². The second kappa shape index (κ2) is 6.89. The fourth-order valence-electron chi connectivity index (χ4n) is 2.17. The molecule has 0 aromatic carbocycles. The monoisotopic (exact) mass is 211 g/mol. The average Bonchev–Trinajstić information content (AvgIpc) is 2.31. The summed E-state index contributed by atoms with van der Waals surface area (Å²) in [5.41, 5.74) is 0. The van der Waals surface area contributed by atoms with Crippen LogP contribution in [-0.2, 0) is 0 Å². The van der Waals surface area contributed by atoms with Crippen LogP contribution >= 0.6 is 0 Å². The largest absolute Gasteiger partial charge is 0.374 e. The molecule has 2 nitrogen and oxygen atoms in total. The molecule has 0 saturated heterocycles. The van der Waals surface area contributed by atoms with Crippen LogP contribution in [0.2, 0.25) is 0 Å². The van der Waals surface area contributed by atoms with Crippen molar-refractivity contribution < 1.29 is 5.11 Å². The van der Waals surface area contributed by atoms with E-state index in [0.717, 1.165) is 31.7 Å². The van der Waals surface area contributed by atoms with Gasteiger partial charge in [0.2, 0.25) is 0 Å². The molecule has 1 N–H and O–H groups in total. The van der Waals surface area contributed by atoms with Crippen LogP contribution in [0.25, 0.3) is 0 Å². The third-order valence-electron chi connectivity index (χ3n) is 3.45. The van der Waals surface area contributed by atoms with Crippen LogP contribution in [0.1, 0.15) is 52.4 Å². The molecule has 0 radical (unpaired) electrons. The first-order chi connectivity index (χ1) is 7.27. The number of rotatable bonds is 6. The van der Waals surface area contributed by atoms with Crippen molar-refractivity contribution in [1.82, 2.24) is 4.90 Å². The van der Waals surface area contributed by atoms with Crippen molar-refractivity contribution in [3.05, 3.63) is 12.3 Å². The summed E-state index contributed by atoms with van der Waals surface area (Å²) in [5, 5.41) is 9.99. The fourth-order valence-corrected chi connectivity index (χ4v) is 2.17.